The van der Waals surface area contributed by atoms with Gasteiger partial charge in [0.25, 0.3) is 0 Å². The van der Waals surface area contributed by atoms with Crippen LogP contribution in [0.3, 0.4) is 0 Å². The zero-order chi connectivity index (χ0) is 27.6. The Morgan fingerprint density at radius 3 is 1.74 bits per heavy atom. The van der Waals surface area contributed by atoms with Gasteiger partial charge in [0.05, 0.1) is 37.7 Å². The van der Waals surface area contributed by atoms with E-state index in [1.165, 1.54) is 14.2 Å². The number of hydrogen-bond acceptors (Lipinski definition) is 9. The van der Waals surface area contributed by atoms with Gasteiger partial charge in [0.2, 0.25) is 0 Å². The van der Waals surface area contributed by atoms with Crippen molar-refractivity contribution in [1.82, 2.24) is 19.8 Å². The van der Waals surface area contributed by atoms with Crippen molar-refractivity contribution in [2.45, 2.75) is 18.5 Å². The highest BCUT2D eigenvalue weighted by Crippen LogP contribution is 2.60. The lowest BCUT2D eigenvalue weighted by molar-refractivity contribution is -0.203. The van der Waals surface area contributed by atoms with Crippen LogP contribution in [0.15, 0.2) is 79.1 Å². The third-order valence-corrected chi connectivity index (χ3v) is 8.10. The van der Waals surface area contributed by atoms with Gasteiger partial charge in [0.1, 0.15) is 0 Å². The summed E-state index contributed by atoms with van der Waals surface area (Å²) in [6.45, 7) is 0.664. The van der Waals surface area contributed by atoms with Gasteiger partial charge in [-0.3, -0.25) is 34.2 Å². The Bertz CT molecular complexity index is 1260. The van der Waals surface area contributed by atoms with Crippen LogP contribution >= 0.6 is 0 Å². The fourth-order valence-corrected chi connectivity index (χ4v) is 6.56. The highest BCUT2D eigenvalue weighted by atomic mass is 16.5. The molecule has 0 amide bonds. The van der Waals surface area contributed by atoms with Crippen LogP contribution in [0.2, 0.25) is 0 Å². The first-order valence-corrected chi connectivity index (χ1v) is 12.9. The molecule has 2 aromatic heterocycles. The number of carbonyl (C=O) groups excluding carboxylic acids is 3. The monoisotopic (exact) mass is 528 g/mol. The van der Waals surface area contributed by atoms with Crippen LogP contribution < -0.4 is 0 Å². The normalized spacial score (nSPS) is 27.1. The maximum Gasteiger partial charge on any atom is 0.322 e. The molecule has 2 fully saturated rings. The molecule has 4 unspecified atom stereocenters. The van der Waals surface area contributed by atoms with Gasteiger partial charge in [-0.2, -0.15) is 0 Å². The molecule has 4 heterocycles. The van der Waals surface area contributed by atoms with Crippen molar-refractivity contribution in [3.63, 3.8) is 0 Å². The summed E-state index contributed by atoms with van der Waals surface area (Å²) in [5.74, 6) is -1.92. The molecule has 202 valence electrons. The number of esters is 2. The first kappa shape index (κ1) is 26.6. The average Bonchev–Trinajstić information content (AvgIpc) is 2.98. The number of piperidine rings is 2. The maximum atomic E-state index is 14.9. The van der Waals surface area contributed by atoms with E-state index in [9.17, 15) is 14.4 Å². The fourth-order valence-electron chi connectivity index (χ4n) is 6.56. The van der Waals surface area contributed by atoms with Gasteiger partial charge in [-0.15, -0.1) is 0 Å². The van der Waals surface area contributed by atoms with Gasteiger partial charge >= 0.3 is 11.9 Å². The second kappa shape index (κ2) is 10.7. The van der Waals surface area contributed by atoms with E-state index in [4.69, 9.17) is 9.47 Å². The molecule has 4 atom stereocenters. The number of hydrogen-bond donors (Lipinski definition) is 0. The Labute approximate surface area is 227 Å². The van der Waals surface area contributed by atoms with E-state index >= 15 is 0 Å². The quantitative estimate of drug-likeness (QED) is 0.338. The number of carbonyl (C=O) groups is 3. The van der Waals surface area contributed by atoms with Crippen LogP contribution in [-0.4, -0.2) is 78.4 Å². The predicted octanol–water partition coefficient (Wildman–Crippen LogP) is 2.65. The van der Waals surface area contributed by atoms with Crippen molar-refractivity contribution in [1.29, 1.82) is 0 Å². The summed E-state index contributed by atoms with van der Waals surface area (Å²) in [6.07, 6.45) is 3.93. The van der Waals surface area contributed by atoms with Crippen molar-refractivity contribution >= 4 is 17.7 Å². The number of methoxy groups -OCH3 is 2. The van der Waals surface area contributed by atoms with Crippen LogP contribution in [0.1, 0.15) is 29.0 Å². The second-order valence-corrected chi connectivity index (χ2v) is 10.2. The lowest BCUT2D eigenvalue weighted by atomic mass is 9.54. The molecule has 0 radical (unpaired) electrons. The molecule has 5 rings (SSSR count). The third-order valence-electron chi connectivity index (χ3n) is 8.10. The molecular formula is C30H32N4O5. The van der Waals surface area contributed by atoms with E-state index in [0.717, 1.165) is 5.56 Å². The number of Topliss-reactive ketones (excluding diaryl/α,β-unsaturated/α-hetero) is 1. The van der Waals surface area contributed by atoms with Gasteiger partial charge in [-0.05, 0) is 43.3 Å². The minimum atomic E-state index is -1.73. The summed E-state index contributed by atoms with van der Waals surface area (Å²) >= 11 is 0. The Morgan fingerprint density at radius 1 is 0.821 bits per heavy atom. The van der Waals surface area contributed by atoms with E-state index < -0.39 is 40.6 Å². The molecule has 0 spiro atoms. The smallest absolute Gasteiger partial charge is 0.322 e. The van der Waals surface area contributed by atoms with Crippen molar-refractivity contribution in [2.75, 3.05) is 40.9 Å². The summed E-state index contributed by atoms with van der Waals surface area (Å²) in [6, 6.07) is 19.1. The van der Waals surface area contributed by atoms with Crippen molar-refractivity contribution in [2.24, 2.45) is 10.8 Å². The van der Waals surface area contributed by atoms with Gasteiger partial charge < -0.3 is 9.47 Å². The van der Waals surface area contributed by atoms with Crippen LogP contribution in [0, 0.1) is 10.8 Å². The predicted molar refractivity (Wildman–Crippen MR) is 142 cm³/mol. The molecule has 9 nitrogen and oxygen atoms in total. The lowest BCUT2D eigenvalue weighted by Gasteiger charge is -2.60. The van der Waals surface area contributed by atoms with E-state index in [1.54, 1.807) is 43.7 Å². The maximum absolute atomic E-state index is 14.9. The molecule has 3 aromatic rings. The van der Waals surface area contributed by atoms with Gasteiger partial charge in [-0.1, -0.05) is 42.5 Å². The lowest BCUT2D eigenvalue weighted by Crippen LogP contribution is -2.75. The molecular weight excluding hydrogens is 496 g/mol. The highest BCUT2D eigenvalue weighted by Gasteiger charge is 2.75. The standard InChI is InChI=1S/C30H32N4O5/c1-33-24(22-13-7-9-16-31-22)29(27(36)38-2)19-34(18-15-21-11-5-4-6-12-21)20-30(26(29)35,28(37)39-3)25(33)23-14-8-10-17-32-23/h4-14,16-17,24-25H,15,18-20H2,1-3H3. The summed E-state index contributed by atoms with van der Waals surface area (Å²) < 4.78 is 10.7. The van der Waals surface area contributed by atoms with Gasteiger partial charge in [0.15, 0.2) is 16.6 Å². The molecule has 2 aliphatic rings. The average molecular weight is 529 g/mol. The molecule has 2 bridgehead atoms. The summed E-state index contributed by atoms with van der Waals surface area (Å²) in [4.78, 5) is 55.6. The Balaban J connectivity index is 1.74. The summed E-state index contributed by atoms with van der Waals surface area (Å²) in [5.41, 5.74) is -1.29. The number of ketones is 1. The number of aromatic nitrogens is 2. The summed E-state index contributed by atoms with van der Waals surface area (Å²) in [5, 5.41) is 0. The fraction of sp³-hybridized carbons (Fsp3) is 0.367. The second-order valence-electron chi connectivity index (χ2n) is 10.2. The van der Waals surface area contributed by atoms with Crippen LogP contribution in [0.4, 0.5) is 0 Å². The number of rotatable bonds is 7. The molecule has 0 aliphatic carbocycles. The first-order valence-electron chi connectivity index (χ1n) is 12.9. The number of fused-ring (bicyclic) bond motifs is 2. The van der Waals surface area contributed by atoms with E-state index in [1.807, 2.05) is 52.3 Å². The minimum absolute atomic E-state index is 0.0740. The largest absolute Gasteiger partial charge is 0.468 e. The number of ether oxygens (including phenoxy) is 2. The number of benzene rings is 1. The molecule has 2 saturated heterocycles. The van der Waals surface area contributed by atoms with Crippen molar-refractivity contribution in [3.8, 4) is 0 Å². The van der Waals surface area contributed by atoms with E-state index in [2.05, 4.69) is 9.97 Å². The molecule has 2 aliphatic heterocycles. The molecule has 0 saturated carbocycles. The Morgan fingerprint density at radius 2 is 1.31 bits per heavy atom. The van der Waals surface area contributed by atoms with Crippen LogP contribution in [-0.2, 0) is 30.3 Å². The SMILES string of the molecule is COC(=O)C12CN(CCc3ccccc3)CC(C(=O)OC)(C1=O)C(c1ccccn1)N(C)C2c1ccccn1. The van der Waals surface area contributed by atoms with Gasteiger partial charge in [-0.25, -0.2) is 0 Å². The zero-order valence-electron chi connectivity index (χ0n) is 22.3. The number of nitrogens with zero attached hydrogens (tertiary/aromatic N) is 4. The Hall–Kier alpha value is -3.95. The summed E-state index contributed by atoms with van der Waals surface area (Å²) in [7, 11) is 4.35. The molecule has 39 heavy (non-hydrogen) atoms. The number of pyridine rings is 2. The number of likely N-dealkylation sites (tertiary alicyclic amines) is 2. The molecule has 9 heteroatoms. The molecule has 1 aromatic carbocycles. The van der Waals surface area contributed by atoms with Crippen LogP contribution in [0.5, 0.6) is 0 Å². The first-order chi connectivity index (χ1) is 18.9. The van der Waals surface area contributed by atoms with E-state index in [0.29, 0.717) is 24.4 Å². The van der Waals surface area contributed by atoms with E-state index in [-0.39, 0.29) is 13.1 Å². The zero-order valence-corrected chi connectivity index (χ0v) is 22.3. The van der Waals surface area contributed by atoms with Gasteiger partial charge in [0, 0.05) is 32.0 Å². The topological polar surface area (TPSA) is 102 Å². The Kier molecular flexibility index (Phi) is 7.29. The molecule has 0 N–H and O–H groups in total. The third kappa shape index (κ3) is 4.22. The van der Waals surface area contributed by atoms with Crippen LogP contribution in [0.25, 0.3) is 0 Å². The van der Waals surface area contributed by atoms with Crippen molar-refractivity contribution in [3.05, 3.63) is 96.1 Å². The minimum Gasteiger partial charge on any atom is -0.468 e. The van der Waals surface area contributed by atoms with Crippen molar-refractivity contribution < 1.29 is 23.9 Å². The highest BCUT2D eigenvalue weighted by molar-refractivity contribution is 6.17.